The average Bonchev–Trinajstić information content (AvgIpc) is 2.15. The number of halogens is 3. The Bertz CT molecular complexity index is 306. The van der Waals surface area contributed by atoms with Crippen molar-refractivity contribution in [3.05, 3.63) is 35.9 Å². The van der Waals surface area contributed by atoms with Gasteiger partial charge in [-0.3, -0.25) is 0 Å². The summed E-state index contributed by atoms with van der Waals surface area (Å²) in [5.74, 6) is 0. The topological polar surface area (TPSA) is 20.2 Å². The maximum atomic E-state index is 12.9. The molecular formula is C11H13BrF2O. The molecule has 1 aromatic carbocycles. The van der Waals surface area contributed by atoms with Crippen LogP contribution in [0.4, 0.5) is 8.78 Å². The molecule has 0 fully saturated rings. The third-order valence-corrected chi connectivity index (χ3v) is 3.21. The Morgan fingerprint density at radius 1 is 1.27 bits per heavy atom. The molecule has 84 valence electrons. The maximum Gasteiger partial charge on any atom is 0.329 e. The molecule has 1 rings (SSSR count). The molecule has 1 atom stereocenters. The number of benzene rings is 1. The first kappa shape index (κ1) is 12.6. The first-order valence-electron chi connectivity index (χ1n) is 4.66. The van der Waals surface area contributed by atoms with Crippen molar-refractivity contribution in [2.24, 2.45) is 0 Å². The van der Waals surface area contributed by atoms with Gasteiger partial charge >= 0.3 is 4.83 Å². The summed E-state index contributed by atoms with van der Waals surface area (Å²) in [5.41, 5.74) is -1.09. The molecule has 0 aliphatic carbocycles. The van der Waals surface area contributed by atoms with Gasteiger partial charge in [0.2, 0.25) is 0 Å². The second kappa shape index (κ2) is 4.58. The summed E-state index contributed by atoms with van der Waals surface area (Å²) in [4.78, 5) is -3.26. The van der Waals surface area contributed by atoms with Crippen molar-refractivity contribution in [2.45, 2.75) is 30.2 Å². The lowest BCUT2D eigenvalue weighted by Gasteiger charge is -2.28. The van der Waals surface area contributed by atoms with Crippen LogP contribution < -0.4 is 0 Å². The fraction of sp³-hybridized carbons (Fsp3) is 0.455. The summed E-state index contributed by atoms with van der Waals surface area (Å²) < 4.78 is 25.7. The van der Waals surface area contributed by atoms with E-state index in [-0.39, 0.29) is 6.42 Å². The Kier molecular flexibility index (Phi) is 3.84. The molecule has 15 heavy (non-hydrogen) atoms. The van der Waals surface area contributed by atoms with Crippen molar-refractivity contribution in [3.8, 4) is 0 Å². The van der Waals surface area contributed by atoms with Crippen LogP contribution in [0.5, 0.6) is 0 Å². The van der Waals surface area contributed by atoms with Crippen LogP contribution in [0.3, 0.4) is 0 Å². The van der Waals surface area contributed by atoms with E-state index in [1.807, 2.05) is 30.3 Å². The van der Waals surface area contributed by atoms with Gasteiger partial charge in [0.1, 0.15) is 5.60 Å². The molecule has 0 saturated heterocycles. The van der Waals surface area contributed by atoms with Gasteiger partial charge in [-0.15, -0.1) is 0 Å². The van der Waals surface area contributed by atoms with Crippen molar-refractivity contribution in [2.75, 3.05) is 0 Å². The molecule has 1 nitrogen and oxygen atoms in total. The Morgan fingerprint density at radius 2 is 1.80 bits per heavy atom. The highest BCUT2D eigenvalue weighted by atomic mass is 79.9. The van der Waals surface area contributed by atoms with E-state index in [1.165, 1.54) is 0 Å². The number of hydrogen-bond donors (Lipinski definition) is 1. The van der Waals surface area contributed by atoms with Gasteiger partial charge < -0.3 is 5.11 Å². The molecule has 0 aliphatic heterocycles. The van der Waals surface area contributed by atoms with E-state index in [1.54, 1.807) is 0 Å². The molecule has 0 bridgehead atoms. The van der Waals surface area contributed by atoms with Crippen molar-refractivity contribution >= 4 is 15.9 Å². The maximum absolute atomic E-state index is 12.9. The van der Waals surface area contributed by atoms with E-state index in [0.29, 0.717) is 6.42 Å². The SMILES string of the molecule is CC(O)(CCc1ccccc1)C(F)(F)Br. The Balaban J connectivity index is 2.58. The van der Waals surface area contributed by atoms with Crippen LogP contribution in [-0.4, -0.2) is 15.5 Å². The highest BCUT2D eigenvalue weighted by Gasteiger charge is 2.45. The minimum Gasteiger partial charge on any atom is -0.383 e. The first-order valence-corrected chi connectivity index (χ1v) is 5.45. The highest BCUT2D eigenvalue weighted by molar-refractivity contribution is 9.10. The molecular weight excluding hydrogens is 266 g/mol. The van der Waals surface area contributed by atoms with Crippen molar-refractivity contribution in [3.63, 3.8) is 0 Å². The Labute approximate surface area is 96.2 Å². The van der Waals surface area contributed by atoms with Gasteiger partial charge in [0.05, 0.1) is 0 Å². The van der Waals surface area contributed by atoms with E-state index in [4.69, 9.17) is 0 Å². The minimum atomic E-state index is -3.26. The van der Waals surface area contributed by atoms with E-state index in [2.05, 4.69) is 15.9 Å². The van der Waals surface area contributed by atoms with E-state index in [0.717, 1.165) is 12.5 Å². The number of alkyl halides is 3. The summed E-state index contributed by atoms with van der Waals surface area (Å²) in [6.07, 6.45) is 0.435. The van der Waals surface area contributed by atoms with Crippen molar-refractivity contribution < 1.29 is 13.9 Å². The summed E-state index contributed by atoms with van der Waals surface area (Å²) in [5, 5.41) is 9.52. The lowest BCUT2D eigenvalue weighted by Crippen LogP contribution is -2.41. The van der Waals surface area contributed by atoms with Crippen LogP contribution in [0, 0.1) is 0 Å². The van der Waals surface area contributed by atoms with Gasteiger partial charge in [0.25, 0.3) is 0 Å². The van der Waals surface area contributed by atoms with E-state index >= 15 is 0 Å². The number of hydrogen-bond acceptors (Lipinski definition) is 1. The van der Waals surface area contributed by atoms with Crippen LogP contribution in [0.1, 0.15) is 18.9 Å². The number of aryl methyl sites for hydroxylation is 1. The summed E-state index contributed by atoms with van der Waals surface area (Å²) in [7, 11) is 0. The molecule has 1 aromatic rings. The van der Waals surface area contributed by atoms with Crippen LogP contribution in [0.2, 0.25) is 0 Å². The van der Waals surface area contributed by atoms with Gasteiger partial charge in [-0.2, -0.15) is 8.78 Å². The average molecular weight is 279 g/mol. The molecule has 0 saturated carbocycles. The minimum absolute atomic E-state index is 0.00919. The summed E-state index contributed by atoms with van der Waals surface area (Å²) >= 11 is 2.19. The molecule has 0 aliphatic rings. The first-order chi connectivity index (χ1) is 6.83. The third kappa shape index (κ3) is 3.54. The lowest BCUT2D eigenvalue weighted by atomic mass is 9.97. The zero-order valence-corrected chi connectivity index (χ0v) is 9.97. The second-order valence-corrected chi connectivity index (χ2v) is 4.75. The summed E-state index contributed by atoms with van der Waals surface area (Å²) in [6.45, 7) is 1.13. The van der Waals surface area contributed by atoms with Crippen molar-refractivity contribution in [1.29, 1.82) is 0 Å². The predicted molar refractivity (Wildman–Crippen MR) is 59.3 cm³/mol. The normalized spacial score (nSPS) is 16.1. The van der Waals surface area contributed by atoms with Crippen molar-refractivity contribution in [1.82, 2.24) is 0 Å². The van der Waals surface area contributed by atoms with E-state index in [9.17, 15) is 13.9 Å². The molecule has 4 heteroatoms. The van der Waals surface area contributed by atoms with Gasteiger partial charge in [-0.25, -0.2) is 0 Å². The fourth-order valence-electron chi connectivity index (χ4n) is 1.17. The van der Waals surface area contributed by atoms with E-state index < -0.39 is 10.4 Å². The summed E-state index contributed by atoms with van der Waals surface area (Å²) in [6, 6.07) is 9.25. The van der Waals surface area contributed by atoms with Gasteiger partial charge in [-0.05, 0) is 41.3 Å². The number of rotatable bonds is 4. The zero-order chi connectivity index (χ0) is 11.5. The third-order valence-electron chi connectivity index (χ3n) is 2.35. The Morgan fingerprint density at radius 3 is 2.27 bits per heavy atom. The van der Waals surface area contributed by atoms with Crippen LogP contribution in [0.15, 0.2) is 30.3 Å². The molecule has 0 amide bonds. The van der Waals surface area contributed by atoms with Crippen LogP contribution >= 0.6 is 15.9 Å². The molecule has 1 unspecified atom stereocenters. The Hall–Kier alpha value is -0.480. The molecule has 1 N–H and O–H groups in total. The van der Waals surface area contributed by atoms with Gasteiger partial charge in [0, 0.05) is 0 Å². The molecule has 0 heterocycles. The zero-order valence-electron chi connectivity index (χ0n) is 8.38. The number of aliphatic hydroxyl groups is 1. The van der Waals surface area contributed by atoms with Crippen LogP contribution in [0.25, 0.3) is 0 Å². The largest absolute Gasteiger partial charge is 0.383 e. The predicted octanol–water partition coefficient (Wildman–Crippen LogP) is 3.36. The monoisotopic (exact) mass is 278 g/mol. The molecule has 0 spiro atoms. The second-order valence-electron chi connectivity index (χ2n) is 3.76. The quantitative estimate of drug-likeness (QED) is 0.838. The van der Waals surface area contributed by atoms with Gasteiger partial charge in [0.15, 0.2) is 0 Å². The van der Waals surface area contributed by atoms with Crippen LogP contribution in [-0.2, 0) is 6.42 Å². The highest BCUT2D eigenvalue weighted by Crippen LogP contribution is 2.37. The van der Waals surface area contributed by atoms with Gasteiger partial charge in [-0.1, -0.05) is 30.3 Å². The lowest BCUT2D eigenvalue weighted by molar-refractivity contribution is -0.107. The molecule has 0 aromatic heterocycles. The molecule has 0 radical (unpaired) electrons. The smallest absolute Gasteiger partial charge is 0.329 e. The standard InChI is InChI=1S/C11H13BrF2O/c1-10(15,11(12,13)14)8-7-9-5-3-2-4-6-9/h2-6,15H,7-8H2,1H3. The fourth-order valence-corrected chi connectivity index (χ4v) is 1.37.